The number of fused-ring (bicyclic) bond motifs is 3. The van der Waals surface area contributed by atoms with Gasteiger partial charge in [-0.25, -0.2) is 9.97 Å². The van der Waals surface area contributed by atoms with Gasteiger partial charge in [-0.1, -0.05) is 18.2 Å². The highest BCUT2D eigenvalue weighted by Gasteiger charge is 2.47. The van der Waals surface area contributed by atoms with Crippen molar-refractivity contribution in [2.75, 3.05) is 16.9 Å². The van der Waals surface area contributed by atoms with Crippen LogP contribution in [-0.4, -0.2) is 38.1 Å². The topological polar surface area (TPSA) is 122 Å². The van der Waals surface area contributed by atoms with Crippen LogP contribution in [-0.2, 0) is 4.79 Å². The number of carbonyl (C=O) groups is 1. The van der Waals surface area contributed by atoms with E-state index < -0.39 is 0 Å². The molecule has 2 aliphatic carbocycles. The van der Waals surface area contributed by atoms with Crippen LogP contribution in [0.4, 0.5) is 17.5 Å². The van der Waals surface area contributed by atoms with Crippen LogP contribution in [0.1, 0.15) is 6.42 Å². The summed E-state index contributed by atoms with van der Waals surface area (Å²) in [7, 11) is 0. The number of nitrogens with two attached hydrogens (primary N) is 1. The normalized spacial score (nSPS) is 24.9. The number of anilines is 3. The van der Waals surface area contributed by atoms with Crippen molar-refractivity contribution in [2.45, 2.75) is 17.4 Å². The summed E-state index contributed by atoms with van der Waals surface area (Å²) in [6, 6.07) is 8.00. The number of hydrogen-bond acceptors (Lipinski definition) is 7. The zero-order valence-electron chi connectivity index (χ0n) is 15.8. The van der Waals surface area contributed by atoms with E-state index in [1.165, 1.54) is 6.33 Å². The average Bonchev–Trinajstić information content (AvgIpc) is 3.44. The molecule has 1 amide bonds. The highest BCUT2D eigenvalue weighted by atomic mass is 32.2. The molecule has 0 spiro atoms. The maximum Gasteiger partial charge on any atom is 0.223 e. The Morgan fingerprint density at radius 2 is 2.14 bits per heavy atom. The molecule has 8 nitrogen and oxygen atoms in total. The Hall–Kier alpha value is -3.07. The third kappa shape index (κ3) is 3.21. The summed E-state index contributed by atoms with van der Waals surface area (Å²) in [4.78, 5) is 29.6. The Kier molecular flexibility index (Phi) is 4.39. The van der Waals surface area contributed by atoms with Crippen LogP contribution < -0.4 is 16.4 Å². The van der Waals surface area contributed by atoms with Gasteiger partial charge in [0.1, 0.15) is 17.8 Å². The number of nitrogens with one attached hydrogen (secondary N) is 3. The van der Waals surface area contributed by atoms with Crippen molar-refractivity contribution in [1.29, 1.82) is 0 Å². The van der Waals surface area contributed by atoms with Crippen LogP contribution in [0.3, 0.4) is 0 Å². The second-order valence-corrected chi connectivity index (χ2v) is 8.29. The standard InChI is InChI=1S/C20H21N7OS/c1-29-13-4-2-3-12(8-13)24-20-26-18-16(22-9-23-18)19(27-20)25-15-11-6-5-10(7-11)14(15)17(21)28/h2-6,8-11,14-15H,7H2,1H3,(H2,21,28)(H3,22,23,24,25,26,27). The lowest BCUT2D eigenvalue weighted by Gasteiger charge is -2.28. The molecule has 4 unspecified atom stereocenters. The molecular weight excluding hydrogens is 386 g/mol. The third-order valence-corrected chi connectivity index (χ3v) is 6.43. The van der Waals surface area contributed by atoms with Crippen molar-refractivity contribution in [1.82, 2.24) is 19.9 Å². The average molecular weight is 408 g/mol. The van der Waals surface area contributed by atoms with Crippen LogP contribution in [0.2, 0.25) is 0 Å². The lowest BCUT2D eigenvalue weighted by atomic mass is 9.88. The van der Waals surface area contributed by atoms with Gasteiger partial charge in [0, 0.05) is 16.6 Å². The van der Waals surface area contributed by atoms with E-state index in [1.807, 2.05) is 18.4 Å². The first-order valence-electron chi connectivity index (χ1n) is 9.48. The SMILES string of the molecule is CSc1cccc(Nc2nc3ncnc-3c(NC3C4C=CC(C4)C3C(N)=O)[nH]2)c1. The summed E-state index contributed by atoms with van der Waals surface area (Å²) in [6.45, 7) is 0. The van der Waals surface area contributed by atoms with Gasteiger partial charge in [0.15, 0.2) is 5.82 Å². The number of amides is 1. The molecule has 2 bridgehead atoms. The van der Waals surface area contributed by atoms with Crippen LogP contribution in [0.25, 0.3) is 11.5 Å². The molecule has 5 N–H and O–H groups in total. The van der Waals surface area contributed by atoms with Crippen molar-refractivity contribution in [3.05, 3.63) is 42.7 Å². The van der Waals surface area contributed by atoms with E-state index in [4.69, 9.17) is 5.73 Å². The van der Waals surface area contributed by atoms with Crippen molar-refractivity contribution in [3.8, 4) is 11.5 Å². The Morgan fingerprint density at radius 3 is 2.97 bits per heavy atom. The second kappa shape index (κ2) is 7.07. The van der Waals surface area contributed by atoms with Gasteiger partial charge in [-0.3, -0.25) is 4.79 Å². The van der Waals surface area contributed by atoms with E-state index in [0.717, 1.165) is 17.0 Å². The minimum Gasteiger partial charge on any atom is -0.369 e. The number of imidazole rings is 1. The summed E-state index contributed by atoms with van der Waals surface area (Å²) in [5, 5.41) is 6.79. The van der Waals surface area contributed by atoms with Gasteiger partial charge in [-0.2, -0.15) is 4.98 Å². The number of aromatic amines is 1. The molecule has 0 aromatic heterocycles. The number of primary amides is 1. The Morgan fingerprint density at radius 1 is 1.28 bits per heavy atom. The Bertz CT molecular complexity index is 1060. The summed E-state index contributed by atoms with van der Waals surface area (Å²) in [6.07, 6.45) is 8.75. The molecule has 4 atom stereocenters. The fourth-order valence-electron chi connectivity index (χ4n) is 4.40. The van der Waals surface area contributed by atoms with Crippen LogP contribution in [0.15, 0.2) is 47.6 Å². The summed E-state index contributed by atoms with van der Waals surface area (Å²) in [5.41, 5.74) is 7.26. The Labute approximate surface area is 172 Å². The predicted molar refractivity (Wildman–Crippen MR) is 113 cm³/mol. The molecular formula is C20H21N7OS. The van der Waals surface area contributed by atoms with Gasteiger partial charge >= 0.3 is 0 Å². The third-order valence-electron chi connectivity index (χ3n) is 5.71. The fraction of sp³-hybridized carbons (Fsp3) is 0.300. The van der Waals surface area contributed by atoms with E-state index >= 15 is 0 Å². The van der Waals surface area contributed by atoms with E-state index in [0.29, 0.717) is 23.3 Å². The zero-order valence-corrected chi connectivity index (χ0v) is 16.6. The number of rotatable bonds is 6. The fourth-order valence-corrected chi connectivity index (χ4v) is 4.86. The van der Waals surface area contributed by atoms with Crippen molar-refractivity contribution in [2.24, 2.45) is 23.5 Å². The Balaban J connectivity index is 1.47. The molecule has 1 saturated carbocycles. The van der Waals surface area contributed by atoms with Crippen molar-refractivity contribution < 1.29 is 4.79 Å². The van der Waals surface area contributed by atoms with Gasteiger partial charge in [-0.05, 0) is 42.7 Å². The van der Waals surface area contributed by atoms with E-state index in [2.05, 4.69) is 54.9 Å². The summed E-state index contributed by atoms with van der Waals surface area (Å²) >= 11 is 1.68. The monoisotopic (exact) mass is 407 g/mol. The number of benzene rings is 1. The zero-order chi connectivity index (χ0) is 20.0. The molecule has 1 aromatic carbocycles. The molecule has 148 valence electrons. The van der Waals surface area contributed by atoms with Crippen LogP contribution in [0.5, 0.6) is 0 Å². The van der Waals surface area contributed by atoms with E-state index in [9.17, 15) is 4.79 Å². The van der Waals surface area contributed by atoms with E-state index in [-0.39, 0.29) is 29.7 Å². The molecule has 29 heavy (non-hydrogen) atoms. The second-order valence-electron chi connectivity index (χ2n) is 7.41. The minimum absolute atomic E-state index is 0.0753. The van der Waals surface area contributed by atoms with Gasteiger partial charge < -0.3 is 21.4 Å². The predicted octanol–water partition coefficient (Wildman–Crippen LogP) is 2.86. The van der Waals surface area contributed by atoms with Gasteiger partial charge in [0.2, 0.25) is 11.9 Å². The molecule has 4 aliphatic rings. The summed E-state index contributed by atoms with van der Waals surface area (Å²) in [5.74, 6) is 1.73. The number of nitrogens with zero attached hydrogens (tertiary/aromatic N) is 3. The first kappa shape index (κ1) is 18.0. The highest BCUT2D eigenvalue weighted by Crippen LogP contribution is 2.45. The number of aromatic nitrogens is 4. The van der Waals surface area contributed by atoms with Gasteiger partial charge in [0.25, 0.3) is 0 Å². The maximum atomic E-state index is 12.1. The molecule has 1 aromatic rings. The van der Waals surface area contributed by atoms with Crippen LogP contribution >= 0.6 is 11.8 Å². The molecule has 1 fully saturated rings. The quantitative estimate of drug-likeness (QED) is 0.366. The minimum atomic E-state index is -0.273. The van der Waals surface area contributed by atoms with Crippen LogP contribution in [0, 0.1) is 17.8 Å². The molecule has 2 aliphatic heterocycles. The number of H-pyrrole nitrogens is 1. The summed E-state index contributed by atoms with van der Waals surface area (Å²) < 4.78 is 0. The van der Waals surface area contributed by atoms with E-state index in [1.54, 1.807) is 11.8 Å². The smallest absolute Gasteiger partial charge is 0.223 e. The van der Waals surface area contributed by atoms with Crippen molar-refractivity contribution in [3.63, 3.8) is 0 Å². The highest BCUT2D eigenvalue weighted by molar-refractivity contribution is 7.98. The van der Waals surface area contributed by atoms with Gasteiger partial charge in [-0.15, -0.1) is 11.8 Å². The lowest BCUT2D eigenvalue weighted by molar-refractivity contribution is -0.122. The maximum absolute atomic E-state index is 12.1. The number of thioether (sulfide) groups is 1. The molecule has 0 radical (unpaired) electrons. The van der Waals surface area contributed by atoms with Crippen molar-refractivity contribution >= 4 is 35.1 Å². The number of allylic oxidation sites excluding steroid dienone is 1. The molecule has 0 saturated heterocycles. The molecule has 5 rings (SSSR count). The molecule has 9 heteroatoms. The number of carbonyl (C=O) groups excluding carboxylic acids is 1. The first-order chi connectivity index (χ1) is 14.1. The molecule has 2 heterocycles. The van der Waals surface area contributed by atoms with Gasteiger partial charge in [0.05, 0.1) is 5.92 Å². The number of hydrogen-bond donors (Lipinski definition) is 4. The largest absolute Gasteiger partial charge is 0.369 e. The first-order valence-corrected chi connectivity index (χ1v) is 10.7. The lowest BCUT2D eigenvalue weighted by Crippen LogP contribution is -2.41.